The number of nitrogens with one attached hydrogen (secondary N) is 1. The normalized spacial score (nSPS) is 14.8. The van der Waals surface area contributed by atoms with E-state index in [1.54, 1.807) is 6.07 Å². The van der Waals surface area contributed by atoms with Crippen LogP contribution in [0.2, 0.25) is 5.15 Å². The number of hydrogen-bond acceptors (Lipinski definition) is 6. The molecule has 7 heteroatoms. The summed E-state index contributed by atoms with van der Waals surface area (Å²) >= 11 is 5.67. The summed E-state index contributed by atoms with van der Waals surface area (Å²) in [7, 11) is 0. The number of nitrogen functional groups attached to an aromatic ring is 1. The van der Waals surface area contributed by atoms with Gasteiger partial charge in [-0.1, -0.05) is 11.6 Å². The van der Waals surface area contributed by atoms with Crippen molar-refractivity contribution in [2.24, 2.45) is 5.10 Å². The van der Waals surface area contributed by atoms with E-state index in [1.165, 1.54) is 0 Å². The molecule has 1 aliphatic heterocycles. The highest BCUT2D eigenvalue weighted by molar-refractivity contribution is 6.29. The Kier molecular flexibility index (Phi) is 2.47. The Morgan fingerprint density at radius 2 is 2.29 bits per heavy atom. The van der Waals surface area contributed by atoms with E-state index in [1.807, 2.05) is 0 Å². The molecule has 14 heavy (non-hydrogen) atoms. The third-order valence-corrected chi connectivity index (χ3v) is 1.77. The maximum Gasteiger partial charge on any atom is 0.223 e. The lowest BCUT2D eigenvalue weighted by Gasteiger charge is -2.15. The van der Waals surface area contributed by atoms with Crippen molar-refractivity contribution in [3.8, 4) is 0 Å². The van der Waals surface area contributed by atoms with Crippen LogP contribution in [0.5, 0.6) is 0 Å². The lowest BCUT2D eigenvalue weighted by Crippen LogP contribution is -2.28. The molecule has 6 nitrogen and oxygen atoms in total. The zero-order valence-corrected chi connectivity index (χ0v) is 7.95. The fourth-order valence-electron chi connectivity index (χ4n) is 0.887. The van der Waals surface area contributed by atoms with Gasteiger partial charge < -0.3 is 10.5 Å². The molecular weight excluding hydrogens is 206 g/mol. The van der Waals surface area contributed by atoms with Gasteiger partial charge in [0.1, 0.15) is 5.15 Å². The van der Waals surface area contributed by atoms with Crippen molar-refractivity contribution in [1.29, 1.82) is 0 Å². The van der Waals surface area contributed by atoms with Gasteiger partial charge in [-0.25, -0.2) is 4.98 Å². The van der Waals surface area contributed by atoms with Gasteiger partial charge in [0.2, 0.25) is 5.95 Å². The Bertz CT molecular complexity index is 354. The van der Waals surface area contributed by atoms with Crippen LogP contribution in [-0.4, -0.2) is 28.9 Å². The summed E-state index contributed by atoms with van der Waals surface area (Å²) < 4.78 is 4.92. The van der Waals surface area contributed by atoms with Crippen LogP contribution < -0.4 is 11.2 Å². The number of hydrogen-bond donors (Lipinski definition) is 2. The molecule has 2 heterocycles. The average Bonchev–Trinajstić information content (AvgIpc) is 1.99. The van der Waals surface area contributed by atoms with Gasteiger partial charge in [0.25, 0.3) is 0 Å². The molecule has 1 aromatic heterocycles. The summed E-state index contributed by atoms with van der Waals surface area (Å²) in [5, 5.41) is 4.30. The molecule has 74 valence electrons. The second kappa shape index (κ2) is 3.77. The molecule has 0 amide bonds. The van der Waals surface area contributed by atoms with Crippen molar-refractivity contribution >= 4 is 29.1 Å². The number of nitrogens with two attached hydrogens (primary N) is 1. The van der Waals surface area contributed by atoms with Crippen molar-refractivity contribution < 1.29 is 4.74 Å². The minimum absolute atomic E-state index is 0.116. The number of rotatable bonds is 2. The van der Waals surface area contributed by atoms with Gasteiger partial charge in [-0.3, -0.25) is 5.43 Å². The Hall–Kier alpha value is -1.40. The third-order valence-electron chi connectivity index (χ3n) is 1.58. The van der Waals surface area contributed by atoms with E-state index >= 15 is 0 Å². The fraction of sp³-hybridized carbons (Fsp3) is 0.286. The Morgan fingerprint density at radius 1 is 1.50 bits per heavy atom. The first-order valence-corrected chi connectivity index (χ1v) is 4.31. The number of halogens is 1. The van der Waals surface area contributed by atoms with Crippen molar-refractivity contribution in [3.05, 3.63) is 11.2 Å². The van der Waals surface area contributed by atoms with Gasteiger partial charge in [0, 0.05) is 6.07 Å². The number of aromatic nitrogens is 2. The first-order chi connectivity index (χ1) is 6.74. The second-order valence-electron chi connectivity index (χ2n) is 2.72. The molecular formula is C7H8ClN5O. The third kappa shape index (κ3) is 2.09. The molecule has 0 bridgehead atoms. The van der Waals surface area contributed by atoms with Gasteiger partial charge >= 0.3 is 0 Å². The molecule has 1 aliphatic rings. The minimum atomic E-state index is 0.116. The monoisotopic (exact) mass is 213 g/mol. The first-order valence-electron chi connectivity index (χ1n) is 3.93. The number of nitrogens with zero attached hydrogens (tertiary/aromatic N) is 3. The predicted octanol–water partition coefficient (Wildman–Crippen LogP) is 0.510. The summed E-state index contributed by atoms with van der Waals surface area (Å²) in [6.07, 6.45) is 0. The van der Waals surface area contributed by atoms with Gasteiger partial charge in [-0.2, -0.15) is 10.1 Å². The maximum atomic E-state index is 5.67. The molecule has 1 fully saturated rings. The van der Waals surface area contributed by atoms with E-state index in [2.05, 4.69) is 20.5 Å². The van der Waals surface area contributed by atoms with Crippen LogP contribution in [-0.2, 0) is 4.74 Å². The Morgan fingerprint density at radius 3 is 2.86 bits per heavy atom. The standard InChI is InChI=1S/C7H8ClN5O/c8-5-1-6(11-7(9)10-5)13-12-4-2-14-3-4/h1H,2-3H2,(H3,9,10,11,13). The SMILES string of the molecule is Nc1nc(Cl)cc(NN=C2COC2)n1. The zero-order valence-electron chi connectivity index (χ0n) is 7.20. The van der Waals surface area contributed by atoms with Gasteiger partial charge in [0.15, 0.2) is 5.82 Å². The van der Waals surface area contributed by atoms with E-state index in [-0.39, 0.29) is 11.1 Å². The van der Waals surface area contributed by atoms with E-state index in [4.69, 9.17) is 22.1 Å². The summed E-state index contributed by atoms with van der Waals surface area (Å²) in [6.45, 7) is 1.11. The topological polar surface area (TPSA) is 85.4 Å². The van der Waals surface area contributed by atoms with E-state index < -0.39 is 0 Å². The molecule has 3 N–H and O–H groups in total. The van der Waals surface area contributed by atoms with Crippen molar-refractivity contribution in [3.63, 3.8) is 0 Å². The van der Waals surface area contributed by atoms with Gasteiger partial charge in [0.05, 0.1) is 18.9 Å². The Labute approximate surface area is 85.1 Å². The zero-order chi connectivity index (χ0) is 9.97. The Balaban J connectivity index is 2.08. The summed E-state index contributed by atoms with van der Waals surface area (Å²) in [5.74, 6) is 0.590. The molecule has 0 saturated carbocycles. The number of hydrazone groups is 1. The van der Waals surface area contributed by atoms with E-state index in [0.29, 0.717) is 19.0 Å². The smallest absolute Gasteiger partial charge is 0.223 e. The lowest BCUT2D eigenvalue weighted by atomic mass is 10.3. The number of ether oxygens (including phenoxy) is 1. The largest absolute Gasteiger partial charge is 0.369 e. The molecule has 0 aliphatic carbocycles. The highest BCUT2D eigenvalue weighted by Crippen LogP contribution is 2.12. The van der Waals surface area contributed by atoms with E-state index in [0.717, 1.165) is 5.71 Å². The molecule has 0 atom stereocenters. The van der Waals surface area contributed by atoms with E-state index in [9.17, 15) is 0 Å². The van der Waals surface area contributed by atoms with Crippen LogP contribution in [0.3, 0.4) is 0 Å². The minimum Gasteiger partial charge on any atom is -0.369 e. The molecule has 0 aromatic carbocycles. The second-order valence-corrected chi connectivity index (χ2v) is 3.10. The molecule has 0 unspecified atom stereocenters. The summed E-state index contributed by atoms with van der Waals surface area (Å²) in [6, 6.07) is 1.54. The average molecular weight is 214 g/mol. The van der Waals surface area contributed by atoms with Crippen molar-refractivity contribution in [2.75, 3.05) is 24.4 Å². The first kappa shape index (κ1) is 9.17. The van der Waals surface area contributed by atoms with Gasteiger partial charge in [-0.15, -0.1) is 0 Å². The molecule has 0 radical (unpaired) electrons. The lowest BCUT2D eigenvalue weighted by molar-refractivity contribution is 0.159. The van der Waals surface area contributed by atoms with Crippen molar-refractivity contribution in [2.45, 2.75) is 0 Å². The van der Waals surface area contributed by atoms with Crippen LogP contribution in [0, 0.1) is 0 Å². The summed E-state index contributed by atoms with van der Waals surface area (Å²) in [5.41, 5.74) is 9.04. The number of anilines is 2. The van der Waals surface area contributed by atoms with Crippen LogP contribution in [0.25, 0.3) is 0 Å². The predicted molar refractivity (Wildman–Crippen MR) is 53.3 cm³/mol. The summed E-state index contributed by atoms with van der Waals surface area (Å²) in [4.78, 5) is 7.60. The maximum absolute atomic E-state index is 5.67. The van der Waals surface area contributed by atoms with Crippen LogP contribution in [0.1, 0.15) is 0 Å². The van der Waals surface area contributed by atoms with Gasteiger partial charge in [-0.05, 0) is 0 Å². The van der Waals surface area contributed by atoms with Crippen LogP contribution in [0.4, 0.5) is 11.8 Å². The van der Waals surface area contributed by atoms with Crippen molar-refractivity contribution in [1.82, 2.24) is 9.97 Å². The fourth-order valence-corrected chi connectivity index (χ4v) is 1.08. The molecule has 1 saturated heterocycles. The quantitative estimate of drug-likeness (QED) is 0.552. The highest BCUT2D eigenvalue weighted by atomic mass is 35.5. The molecule has 1 aromatic rings. The van der Waals surface area contributed by atoms with Crippen LogP contribution >= 0.6 is 11.6 Å². The molecule has 2 rings (SSSR count). The molecule has 0 spiro atoms. The van der Waals surface area contributed by atoms with Crippen LogP contribution in [0.15, 0.2) is 11.2 Å². The highest BCUT2D eigenvalue weighted by Gasteiger charge is 2.10.